The summed E-state index contributed by atoms with van der Waals surface area (Å²) >= 11 is 0. The van der Waals surface area contributed by atoms with E-state index >= 15 is 0 Å². The molecule has 0 radical (unpaired) electrons. The van der Waals surface area contributed by atoms with Crippen LogP contribution in [0.25, 0.3) is 0 Å². The van der Waals surface area contributed by atoms with Crippen LogP contribution in [-0.2, 0) is 6.54 Å². The van der Waals surface area contributed by atoms with Crippen LogP contribution >= 0.6 is 0 Å². The van der Waals surface area contributed by atoms with Crippen LogP contribution in [0.2, 0.25) is 0 Å². The Balaban J connectivity index is 1.86. The number of piperidine rings is 1. The minimum Gasteiger partial charge on any atom is -0.317 e. The number of nitrogens with zero attached hydrogens (tertiary/aromatic N) is 2. The smallest absolute Gasteiger partial charge is 0.317 e. The zero-order valence-corrected chi connectivity index (χ0v) is 11.7. The maximum Gasteiger partial charge on any atom is 0.343 e. The van der Waals surface area contributed by atoms with E-state index in [2.05, 4.69) is 46.7 Å². The van der Waals surface area contributed by atoms with Crippen molar-refractivity contribution in [2.45, 2.75) is 32.2 Å². The summed E-state index contributed by atoms with van der Waals surface area (Å²) in [6.07, 6.45) is 2.08. The van der Waals surface area contributed by atoms with E-state index in [4.69, 9.17) is 0 Å². The van der Waals surface area contributed by atoms with Gasteiger partial charge < -0.3 is 5.32 Å². The third kappa shape index (κ3) is 2.67. The lowest BCUT2D eigenvalue weighted by Crippen LogP contribution is -2.29. The van der Waals surface area contributed by atoms with Crippen LogP contribution in [0.4, 0.5) is 0 Å². The first-order valence-electron chi connectivity index (χ1n) is 7.15. The minimum absolute atomic E-state index is 0.112. The maximum atomic E-state index is 12.0. The SMILES string of the molecule is Cc1ccc(Cn2c(C3CCNCC3)n[nH]c2=O)cc1. The summed E-state index contributed by atoms with van der Waals surface area (Å²) in [5, 5.41) is 10.2. The second-order valence-corrected chi connectivity index (χ2v) is 5.48. The Hall–Kier alpha value is -1.88. The topological polar surface area (TPSA) is 62.7 Å². The molecule has 1 fully saturated rings. The van der Waals surface area contributed by atoms with Crippen molar-refractivity contribution in [2.75, 3.05) is 13.1 Å². The highest BCUT2D eigenvalue weighted by Gasteiger charge is 2.21. The molecule has 0 spiro atoms. The van der Waals surface area contributed by atoms with Crippen molar-refractivity contribution < 1.29 is 0 Å². The number of aromatic nitrogens is 3. The molecule has 0 atom stereocenters. The fourth-order valence-corrected chi connectivity index (χ4v) is 2.75. The second kappa shape index (κ2) is 5.63. The quantitative estimate of drug-likeness (QED) is 0.887. The van der Waals surface area contributed by atoms with E-state index in [1.165, 1.54) is 5.56 Å². The highest BCUT2D eigenvalue weighted by atomic mass is 16.1. The lowest BCUT2D eigenvalue weighted by molar-refractivity contribution is 0.432. The van der Waals surface area contributed by atoms with Crippen LogP contribution in [0.15, 0.2) is 29.1 Å². The van der Waals surface area contributed by atoms with E-state index in [0.717, 1.165) is 37.3 Å². The van der Waals surface area contributed by atoms with Gasteiger partial charge in [-0.2, -0.15) is 5.10 Å². The summed E-state index contributed by atoms with van der Waals surface area (Å²) in [7, 11) is 0. The molecule has 0 aliphatic carbocycles. The van der Waals surface area contributed by atoms with Crippen LogP contribution < -0.4 is 11.0 Å². The number of hydrogen-bond donors (Lipinski definition) is 2. The molecule has 0 saturated carbocycles. The molecule has 106 valence electrons. The van der Waals surface area contributed by atoms with Gasteiger partial charge >= 0.3 is 5.69 Å². The van der Waals surface area contributed by atoms with Gasteiger partial charge in [-0.25, -0.2) is 9.89 Å². The first-order chi connectivity index (χ1) is 9.74. The first-order valence-corrected chi connectivity index (χ1v) is 7.15. The van der Waals surface area contributed by atoms with Gasteiger partial charge in [-0.05, 0) is 38.4 Å². The molecule has 2 aromatic rings. The lowest BCUT2D eigenvalue weighted by atomic mass is 9.97. The first kappa shape index (κ1) is 13.1. The van der Waals surface area contributed by atoms with Crippen LogP contribution in [0.1, 0.15) is 35.7 Å². The predicted molar refractivity (Wildman–Crippen MR) is 78.0 cm³/mol. The Morgan fingerprint density at radius 1 is 1.25 bits per heavy atom. The number of benzene rings is 1. The third-order valence-corrected chi connectivity index (χ3v) is 3.95. The van der Waals surface area contributed by atoms with Gasteiger partial charge in [0.05, 0.1) is 6.54 Å². The average Bonchev–Trinajstić information content (AvgIpc) is 2.84. The van der Waals surface area contributed by atoms with Crippen LogP contribution in [0.5, 0.6) is 0 Å². The summed E-state index contributed by atoms with van der Waals surface area (Å²) in [5.41, 5.74) is 2.25. The molecule has 0 bridgehead atoms. The molecule has 20 heavy (non-hydrogen) atoms. The van der Waals surface area contributed by atoms with Gasteiger partial charge in [-0.1, -0.05) is 29.8 Å². The van der Waals surface area contributed by atoms with Crippen molar-refractivity contribution in [3.63, 3.8) is 0 Å². The zero-order valence-electron chi connectivity index (χ0n) is 11.7. The number of rotatable bonds is 3. The maximum absolute atomic E-state index is 12.0. The molecular formula is C15H20N4O. The molecule has 1 aliphatic heterocycles. The van der Waals surface area contributed by atoms with Gasteiger partial charge in [0.25, 0.3) is 0 Å². The monoisotopic (exact) mass is 272 g/mol. The van der Waals surface area contributed by atoms with Gasteiger partial charge in [0, 0.05) is 5.92 Å². The fraction of sp³-hybridized carbons (Fsp3) is 0.467. The van der Waals surface area contributed by atoms with Gasteiger partial charge in [0.2, 0.25) is 0 Å². The van der Waals surface area contributed by atoms with E-state index in [9.17, 15) is 4.79 Å². The highest BCUT2D eigenvalue weighted by molar-refractivity contribution is 5.22. The number of hydrogen-bond acceptors (Lipinski definition) is 3. The van der Waals surface area contributed by atoms with Crippen LogP contribution in [0.3, 0.4) is 0 Å². The molecule has 2 N–H and O–H groups in total. The van der Waals surface area contributed by atoms with Crippen molar-refractivity contribution in [3.8, 4) is 0 Å². The standard InChI is InChI=1S/C15H20N4O/c1-11-2-4-12(5-3-11)10-19-14(17-18-15(19)20)13-6-8-16-9-7-13/h2-5,13,16H,6-10H2,1H3,(H,18,20). The van der Waals surface area contributed by atoms with Gasteiger partial charge in [-0.15, -0.1) is 0 Å². The average molecular weight is 272 g/mol. The molecule has 2 heterocycles. The van der Waals surface area contributed by atoms with Crippen molar-refractivity contribution in [1.82, 2.24) is 20.1 Å². The zero-order chi connectivity index (χ0) is 13.9. The largest absolute Gasteiger partial charge is 0.343 e. The number of nitrogens with one attached hydrogen (secondary N) is 2. The van der Waals surface area contributed by atoms with E-state index in [0.29, 0.717) is 12.5 Å². The van der Waals surface area contributed by atoms with Crippen molar-refractivity contribution in [2.24, 2.45) is 0 Å². The lowest BCUT2D eigenvalue weighted by Gasteiger charge is -2.22. The molecule has 1 aliphatic rings. The van der Waals surface area contributed by atoms with Crippen molar-refractivity contribution >= 4 is 0 Å². The summed E-state index contributed by atoms with van der Waals surface area (Å²) in [5.74, 6) is 1.28. The normalized spacial score (nSPS) is 16.4. The molecule has 5 heteroatoms. The third-order valence-electron chi connectivity index (χ3n) is 3.95. The molecule has 1 aromatic heterocycles. The number of aryl methyl sites for hydroxylation is 1. The van der Waals surface area contributed by atoms with Crippen molar-refractivity contribution in [3.05, 3.63) is 51.7 Å². The van der Waals surface area contributed by atoms with E-state index in [-0.39, 0.29) is 5.69 Å². The summed E-state index contributed by atoms with van der Waals surface area (Å²) in [4.78, 5) is 12.0. The molecule has 0 amide bonds. The van der Waals surface area contributed by atoms with Gasteiger partial charge in [-0.3, -0.25) is 4.57 Å². The predicted octanol–water partition coefficient (Wildman–Crippen LogP) is 1.40. The molecule has 5 nitrogen and oxygen atoms in total. The highest BCUT2D eigenvalue weighted by Crippen LogP contribution is 2.22. The molecular weight excluding hydrogens is 252 g/mol. The number of H-pyrrole nitrogens is 1. The number of aromatic amines is 1. The summed E-state index contributed by atoms with van der Waals surface area (Å²) < 4.78 is 1.78. The van der Waals surface area contributed by atoms with Crippen LogP contribution in [-0.4, -0.2) is 27.9 Å². The molecule has 1 saturated heterocycles. The van der Waals surface area contributed by atoms with E-state index < -0.39 is 0 Å². The molecule has 3 rings (SSSR count). The van der Waals surface area contributed by atoms with Gasteiger partial charge in [0.1, 0.15) is 5.82 Å². The van der Waals surface area contributed by atoms with E-state index in [1.54, 1.807) is 4.57 Å². The Bertz CT molecular complexity index is 620. The Morgan fingerprint density at radius 2 is 1.95 bits per heavy atom. The van der Waals surface area contributed by atoms with E-state index in [1.807, 2.05) is 0 Å². The van der Waals surface area contributed by atoms with Crippen LogP contribution in [0, 0.1) is 6.92 Å². The summed E-state index contributed by atoms with van der Waals surface area (Å²) in [6, 6.07) is 8.29. The van der Waals surface area contributed by atoms with Crippen molar-refractivity contribution in [1.29, 1.82) is 0 Å². The minimum atomic E-state index is -0.112. The Morgan fingerprint density at radius 3 is 2.65 bits per heavy atom. The summed E-state index contributed by atoms with van der Waals surface area (Å²) in [6.45, 7) is 4.65. The Kier molecular flexibility index (Phi) is 3.69. The molecule has 0 unspecified atom stereocenters. The fourth-order valence-electron chi connectivity index (χ4n) is 2.75. The van der Waals surface area contributed by atoms with Gasteiger partial charge in [0.15, 0.2) is 0 Å². The molecule has 1 aromatic carbocycles. The Labute approximate surface area is 118 Å². The second-order valence-electron chi connectivity index (χ2n) is 5.48.